The summed E-state index contributed by atoms with van der Waals surface area (Å²) in [4.78, 5) is 14.6. The summed E-state index contributed by atoms with van der Waals surface area (Å²) in [6, 6.07) is -0.0767. The lowest BCUT2D eigenvalue weighted by atomic mass is 9.87. The molecule has 5 nitrogen and oxygen atoms in total. The molecule has 0 aromatic carbocycles. The van der Waals surface area contributed by atoms with Crippen LogP contribution < -0.4 is 10.6 Å². The van der Waals surface area contributed by atoms with Gasteiger partial charge >= 0.3 is 6.03 Å². The van der Waals surface area contributed by atoms with E-state index < -0.39 is 0 Å². The summed E-state index contributed by atoms with van der Waals surface area (Å²) in [7, 11) is 0. The SMILES string of the molecule is CCC1CCCN(C(C)(C)CNC(=O)NCC2CCCC(O)C2)C1. The molecular formula is C19H37N3O2. The Kier molecular flexibility index (Phi) is 7.35. The van der Waals surface area contributed by atoms with Gasteiger partial charge in [0.25, 0.3) is 0 Å². The molecule has 1 saturated carbocycles. The molecule has 2 fully saturated rings. The van der Waals surface area contributed by atoms with E-state index in [4.69, 9.17) is 0 Å². The normalized spacial score (nSPS) is 29.2. The molecule has 1 saturated heterocycles. The van der Waals surface area contributed by atoms with Crippen LogP contribution in [0.1, 0.15) is 65.7 Å². The van der Waals surface area contributed by atoms with Crippen molar-refractivity contribution in [3.05, 3.63) is 0 Å². The maximum Gasteiger partial charge on any atom is 0.314 e. The Balaban J connectivity index is 1.69. The second kappa shape index (κ2) is 9.04. The first-order chi connectivity index (χ1) is 11.4. The van der Waals surface area contributed by atoms with Crippen LogP contribution in [0.4, 0.5) is 4.79 Å². The Hall–Kier alpha value is -0.810. The van der Waals surface area contributed by atoms with E-state index in [2.05, 4.69) is 36.3 Å². The monoisotopic (exact) mass is 339 g/mol. The van der Waals surface area contributed by atoms with E-state index in [9.17, 15) is 9.90 Å². The highest BCUT2D eigenvalue weighted by Gasteiger charge is 2.31. The molecule has 3 unspecified atom stereocenters. The highest BCUT2D eigenvalue weighted by Crippen LogP contribution is 2.25. The van der Waals surface area contributed by atoms with Gasteiger partial charge in [-0.3, -0.25) is 4.90 Å². The summed E-state index contributed by atoms with van der Waals surface area (Å²) < 4.78 is 0. The Labute approximate surface area is 147 Å². The number of carbonyl (C=O) groups excluding carboxylic acids is 1. The van der Waals surface area contributed by atoms with Crippen LogP contribution in [-0.4, -0.2) is 53.9 Å². The van der Waals surface area contributed by atoms with Gasteiger partial charge in [-0.05, 0) is 64.3 Å². The quantitative estimate of drug-likeness (QED) is 0.697. The molecule has 140 valence electrons. The van der Waals surface area contributed by atoms with Crippen LogP contribution in [0.25, 0.3) is 0 Å². The predicted molar refractivity (Wildman–Crippen MR) is 98.0 cm³/mol. The fourth-order valence-electron chi connectivity index (χ4n) is 4.10. The molecular weight excluding hydrogens is 302 g/mol. The van der Waals surface area contributed by atoms with E-state index in [1.54, 1.807) is 0 Å². The summed E-state index contributed by atoms with van der Waals surface area (Å²) in [5, 5.41) is 15.7. The Morgan fingerprint density at radius 2 is 1.92 bits per heavy atom. The number of amides is 2. The number of hydrogen-bond donors (Lipinski definition) is 3. The van der Waals surface area contributed by atoms with Crippen molar-refractivity contribution in [2.45, 2.75) is 77.4 Å². The Bertz CT molecular complexity index is 400. The Morgan fingerprint density at radius 3 is 2.62 bits per heavy atom. The smallest absolute Gasteiger partial charge is 0.314 e. The van der Waals surface area contributed by atoms with Crippen molar-refractivity contribution in [2.24, 2.45) is 11.8 Å². The zero-order chi connectivity index (χ0) is 17.6. The number of nitrogens with one attached hydrogen (secondary N) is 2. The summed E-state index contributed by atoms with van der Waals surface area (Å²) in [6.45, 7) is 10.3. The third-order valence-electron chi connectivity index (χ3n) is 5.94. The second-order valence-electron chi connectivity index (χ2n) is 8.42. The zero-order valence-corrected chi connectivity index (χ0v) is 15.8. The molecule has 24 heavy (non-hydrogen) atoms. The van der Waals surface area contributed by atoms with Gasteiger partial charge < -0.3 is 15.7 Å². The van der Waals surface area contributed by atoms with Gasteiger partial charge in [-0.2, -0.15) is 0 Å². The lowest BCUT2D eigenvalue weighted by Gasteiger charge is -2.43. The fourth-order valence-corrected chi connectivity index (χ4v) is 4.10. The number of rotatable bonds is 6. The van der Waals surface area contributed by atoms with E-state index in [0.29, 0.717) is 19.0 Å². The molecule has 3 N–H and O–H groups in total. The summed E-state index contributed by atoms with van der Waals surface area (Å²) in [6.07, 6.45) is 7.56. The van der Waals surface area contributed by atoms with Crippen LogP contribution >= 0.6 is 0 Å². The first-order valence-corrected chi connectivity index (χ1v) is 9.85. The third kappa shape index (κ3) is 5.92. The predicted octanol–water partition coefficient (Wildman–Crippen LogP) is 2.74. The molecule has 0 aromatic heterocycles. The van der Waals surface area contributed by atoms with Crippen molar-refractivity contribution in [2.75, 3.05) is 26.2 Å². The van der Waals surface area contributed by atoms with Crippen LogP contribution in [0.2, 0.25) is 0 Å². The van der Waals surface area contributed by atoms with Crippen LogP contribution in [0.15, 0.2) is 0 Å². The number of nitrogens with zero attached hydrogens (tertiary/aromatic N) is 1. The van der Waals surface area contributed by atoms with E-state index in [1.807, 2.05) is 0 Å². The van der Waals surface area contributed by atoms with Crippen molar-refractivity contribution in [3.8, 4) is 0 Å². The van der Waals surface area contributed by atoms with E-state index in [0.717, 1.165) is 44.7 Å². The van der Waals surface area contributed by atoms with Gasteiger partial charge in [0, 0.05) is 25.2 Å². The minimum atomic E-state index is -0.182. The number of aliphatic hydroxyl groups excluding tert-OH is 1. The first kappa shape index (κ1) is 19.5. The van der Waals surface area contributed by atoms with Gasteiger partial charge in [-0.15, -0.1) is 0 Å². The summed E-state index contributed by atoms with van der Waals surface area (Å²) >= 11 is 0. The third-order valence-corrected chi connectivity index (χ3v) is 5.94. The molecule has 3 atom stereocenters. The molecule has 2 aliphatic rings. The first-order valence-electron chi connectivity index (χ1n) is 9.85. The van der Waals surface area contributed by atoms with E-state index in [-0.39, 0.29) is 17.7 Å². The topological polar surface area (TPSA) is 64.6 Å². The highest BCUT2D eigenvalue weighted by molar-refractivity contribution is 5.73. The molecule has 1 aliphatic heterocycles. The van der Waals surface area contributed by atoms with E-state index in [1.165, 1.54) is 19.3 Å². The summed E-state index contributed by atoms with van der Waals surface area (Å²) in [5.74, 6) is 1.21. The minimum absolute atomic E-state index is 0.00773. The number of aliphatic hydroxyl groups is 1. The van der Waals surface area contributed by atoms with Gasteiger partial charge in [0.2, 0.25) is 0 Å². The number of piperidine rings is 1. The molecule has 0 bridgehead atoms. The molecule has 2 amide bonds. The zero-order valence-electron chi connectivity index (χ0n) is 15.8. The van der Waals surface area contributed by atoms with Crippen LogP contribution in [0, 0.1) is 11.8 Å². The molecule has 1 aliphatic carbocycles. The van der Waals surface area contributed by atoms with Gasteiger partial charge in [0.15, 0.2) is 0 Å². The number of likely N-dealkylation sites (tertiary alicyclic amines) is 1. The molecule has 0 aromatic rings. The summed E-state index contributed by atoms with van der Waals surface area (Å²) in [5.41, 5.74) is -0.00773. The molecule has 2 rings (SSSR count). The van der Waals surface area contributed by atoms with Crippen molar-refractivity contribution in [1.29, 1.82) is 0 Å². The van der Waals surface area contributed by atoms with Crippen LogP contribution in [0.5, 0.6) is 0 Å². The van der Waals surface area contributed by atoms with Crippen LogP contribution in [-0.2, 0) is 0 Å². The Morgan fingerprint density at radius 1 is 1.17 bits per heavy atom. The van der Waals surface area contributed by atoms with Crippen molar-refractivity contribution in [3.63, 3.8) is 0 Å². The van der Waals surface area contributed by atoms with Crippen molar-refractivity contribution < 1.29 is 9.90 Å². The lowest BCUT2D eigenvalue weighted by molar-refractivity contribution is 0.0664. The number of urea groups is 1. The highest BCUT2D eigenvalue weighted by atomic mass is 16.3. The largest absolute Gasteiger partial charge is 0.393 e. The van der Waals surface area contributed by atoms with Crippen LogP contribution in [0.3, 0.4) is 0 Å². The fraction of sp³-hybridized carbons (Fsp3) is 0.947. The van der Waals surface area contributed by atoms with Gasteiger partial charge in [0.1, 0.15) is 0 Å². The molecule has 5 heteroatoms. The minimum Gasteiger partial charge on any atom is -0.393 e. The number of hydrogen-bond acceptors (Lipinski definition) is 3. The van der Waals surface area contributed by atoms with Crippen molar-refractivity contribution >= 4 is 6.03 Å². The molecule has 0 spiro atoms. The van der Waals surface area contributed by atoms with Gasteiger partial charge in [0.05, 0.1) is 6.10 Å². The average Bonchev–Trinajstić information content (AvgIpc) is 2.58. The molecule has 0 radical (unpaired) electrons. The second-order valence-corrected chi connectivity index (χ2v) is 8.42. The van der Waals surface area contributed by atoms with Gasteiger partial charge in [-0.1, -0.05) is 19.8 Å². The average molecular weight is 340 g/mol. The van der Waals surface area contributed by atoms with Gasteiger partial charge in [-0.25, -0.2) is 4.79 Å². The number of carbonyl (C=O) groups is 1. The standard InChI is InChI=1S/C19H37N3O2/c1-4-15-8-6-10-22(13-15)19(2,3)14-21-18(24)20-12-16-7-5-9-17(23)11-16/h15-17,23H,4-14H2,1-3H3,(H2,20,21,24). The maximum atomic E-state index is 12.1. The van der Waals surface area contributed by atoms with Crippen molar-refractivity contribution in [1.82, 2.24) is 15.5 Å². The lowest BCUT2D eigenvalue weighted by Crippen LogP contribution is -2.56. The van der Waals surface area contributed by atoms with E-state index >= 15 is 0 Å². The molecule has 1 heterocycles. The maximum absolute atomic E-state index is 12.1.